The summed E-state index contributed by atoms with van der Waals surface area (Å²) in [6.45, 7) is 2.31. The van der Waals surface area contributed by atoms with Crippen molar-refractivity contribution in [2.45, 2.75) is 13.3 Å². The molecule has 0 spiro atoms. The highest BCUT2D eigenvalue weighted by Gasteiger charge is 2.14. The number of hydrogen-bond donors (Lipinski definition) is 1. The monoisotopic (exact) mass is 391 g/mol. The first-order valence-electron chi connectivity index (χ1n) is 9.29. The lowest BCUT2D eigenvalue weighted by Crippen LogP contribution is -2.25. The van der Waals surface area contributed by atoms with Gasteiger partial charge in [0.25, 0.3) is 5.91 Å². The van der Waals surface area contributed by atoms with Crippen LogP contribution in [0.25, 0.3) is 16.7 Å². The van der Waals surface area contributed by atoms with E-state index in [1.807, 2.05) is 30.3 Å². The lowest BCUT2D eigenvalue weighted by Gasteiger charge is -2.08. The first-order valence-corrected chi connectivity index (χ1v) is 9.29. The highest BCUT2D eigenvalue weighted by Crippen LogP contribution is 2.23. The molecule has 0 aliphatic heterocycles. The van der Waals surface area contributed by atoms with E-state index in [4.69, 9.17) is 0 Å². The number of rotatable bonds is 5. The molecule has 0 fully saturated rings. The molecule has 1 N–H and O–H groups in total. The molecule has 0 saturated carbocycles. The summed E-state index contributed by atoms with van der Waals surface area (Å²) in [6, 6.07) is 18.8. The number of imidazole rings is 1. The molecule has 3 aromatic carbocycles. The van der Waals surface area contributed by atoms with Gasteiger partial charge in [-0.05, 0) is 49.2 Å². The third-order valence-electron chi connectivity index (χ3n) is 4.79. The molecule has 0 bridgehead atoms. The third kappa shape index (κ3) is 3.87. The summed E-state index contributed by atoms with van der Waals surface area (Å²) in [4.78, 5) is 17.0. The third-order valence-corrected chi connectivity index (χ3v) is 4.79. The van der Waals surface area contributed by atoms with Crippen LogP contribution in [-0.2, 0) is 6.42 Å². The Morgan fingerprint density at radius 2 is 1.79 bits per heavy atom. The molecule has 4 nitrogen and oxygen atoms in total. The van der Waals surface area contributed by atoms with Gasteiger partial charge in [0, 0.05) is 18.2 Å². The molecule has 146 valence electrons. The molecule has 29 heavy (non-hydrogen) atoms. The highest BCUT2D eigenvalue weighted by atomic mass is 19.2. The fraction of sp³-hybridized carbons (Fsp3) is 0.130. The summed E-state index contributed by atoms with van der Waals surface area (Å²) in [6.07, 6.45) is 0.749. The Kier molecular flexibility index (Phi) is 5.08. The predicted molar refractivity (Wildman–Crippen MR) is 108 cm³/mol. The number of nitrogens with zero attached hydrogens (tertiary/aromatic N) is 2. The van der Waals surface area contributed by atoms with E-state index in [0.29, 0.717) is 34.7 Å². The molecule has 0 radical (unpaired) electrons. The van der Waals surface area contributed by atoms with Gasteiger partial charge in [-0.15, -0.1) is 0 Å². The van der Waals surface area contributed by atoms with Gasteiger partial charge in [0.2, 0.25) is 0 Å². The van der Waals surface area contributed by atoms with E-state index < -0.39 is 11.6 Å². The van der Waals surface area contributed by atoms with Crippen molar-refractivity contribution in [1.82, 2.24) is 14.9 Å². The number of hydrogen-bond acceptors (Lipinski definition) is 2. The van der Waals surface area contributed by atoms with E-state index in [1.54, 1.807) is 29.7 Å². The van der Waals surface area contributed by atoms with Gasteiger partial charge in [-0.3, -0.25) is 9.36 Å². The van der Waals surface area contributed by atoms with E-state index in [9.17, 15) is 13.6 Å². The molecule has 0 aliphatic rings. The Bertz CT molecular complexity index is 1190. The van der Waals surface area contributed by atoms with Crippen LogP contribution < -0.4 is 5.32 Å². The van der Waals surface area contributed by atoms with Crippen molar-refractivity contribution >= 4 is 16.9 Å². The normalized spacial score (nSPS) is 11.0. The van der Waals surface area contributed by atoms with Crippen molar-refractivity contribution in [2.75, 3.05) is 6.54 Å². The smallest absolute Gasteiger partial charge is 0.251 e. The number of amides is 1. The van der Waals surface area contributed by atoms with E-state index >= 15 is 0 Å². The van der Waals surface area contributed by atoms with Crippen LogP contribution in [0.1, 0.15) is 21.7 Å². The number of fused-ring (bicyclic) bond motifs is 1. The largest absolute Gasteiger partial charge is 0.352 e. The molecule has 1 aromatic heterocycles. The summed E-state index contributed by atoms with van der Waals surface area (Å²) in [7, 11) is 0. The van der Waals surface area contributed by atoms with Crippen molar-refractivity contribution in [3.05, 3.63) is 95.3 Å². The minimum Gasteiger partial charge on any atom is -0.352 e. The second-order valence-corrected chi connectivity index (χ2v) is 6.79. The van der Waals surface area contributed by atoms with Gasteiger partial charge in [-0.1, -0.05) is 30.3 Å². The highest BCUT2D eigenvalue weighted by molar-refractivity contribution is 5.97. The van der Waals surface area contributed by atoms with Gasteiger partial charge in [-0.25, -0.2) is 13.8 Å². The van der Waals surface area contributed by atoms with E-state index in [2.05, 4.69) is 10.3 Å². The average molecular weight is 391 g/mol. The minimum atomic E-state index is -0.918. The number of halogens is 2. The van der Waals surface area contributed by atoms with Crippen molar-refractivity contribution in [2.24, 2.45) is 0 Å². The summed E-state index contributed by atoms with van der Waals surface area (Å²) in [5, 5.41) is 2.91. The van der Waals surface area contributed by atoms with Crippen LogP contribution in [-0.4, -0.2) is 22.0 Å². The molecule has 1 heterocycles. The Labute approximate surface area is 166 Å². The van der Waals surface area contributed by atoms with E-state index in [-0.39, 0.29) is 5.91 Å². The van der Waals surface area contributed by atoms with Gasteiger partial charge < -0.3 is 5.32 Å². The zero-order valence-corrected chi connectivity index (χ0v) is 15.8. The Morgan fingerprint density at radius 1 is 1.00 bits per heavy atom. The molecule has 4 rings (SSSR count). The standard InChI is InChI=1S/C23H19F2N3O/c1-15-27-21-13-17(23(29)26-12-11-16-5-3-2-4-6-16)7-10-22(21)28(15)18-8-9-19(24)20(25)14-18/h2-10,13-14H,11-12H2,1H3,(H,26,29). The Hall–Kier alpha value is -3.54. The van der Waals surface area contributed by atoms with Crippen molar-refractivity contribution < 1.29 is 13.6 Å². The fourth-order valence-corrected chi connectivity index (χ4v) is 3.36. The second kappa shape index (κ2) is 7.83. The SMILES string of the molecule is Cc1nc2cc(C(=O)NCCc3ccccc3)ccc2n1-c1ccc(F)c(F)c1. The summed E-state index contributed by atoms with van der Waals surface area (Å²) in [5.74, 6) is -1.38. The molecule has 0 aliphatic carbocycles. The number of nitrogens with one attached hydrogen (secondary N) is 1. The van der Waals surface area contributed by atoms with Gasteiger partial charge in [0.15, 0.2) is 11.6 Å². The zero-order chi connectivity index (χ0) is 20.4. The quantitative estimate of drug-likeness (QED) is 0.541. The molecule has 0 atom stereocenters. The Morgan fingerprint density at radius 3 is 2.55 bits per heavy atom. The minimum absolute atomic E-state index is 0.178. The molecule has 6 heteroatoms. The second-order valence-electron chi connectivity index (χ2n) is 6.79. The summed E-state index contributed by atoms with van der Waals surface area (Å²) >= 11 is 0. The number of aromatic nitrogens is 2. The lowest BCUT2D eigenvalue weighted by molar-refractivity contribution is 0.0954. The van der Waals surface area contributed by atoms with Crippen LogP contribution >= 0.6 is 0 Å². The van der Waals surface area contributed by atoms with Gasteiger partial charge in [0.05, 0.1) is 16.7 Å². The topological polar surface area (TPSA) is 46.9 Å². The summed E-state index contributed by atoms with van der Waals surface area (Å²) in [5.41, 5.74) is 3.46. The molecule has 0 saturated heterocycles. The average Bonchev–Trinajstić information content (AvgIpc) is 3.05. The van der Waals surface area contributed by atoms with Crippen LogP contribution in [0.3, 0.4) is 0 Å². The number of carbonyl (C=O) groups excluding carboxylic acids is 1. The van der Waals surface area contributed by atoms with Crippen molar-refractivity contribution in [3.8, 4) is 5.69 Å². The van der Waals surface area contributed by atoms with Crippen LogP contribution in [0.5, 0.6) is 0 Å². The van der Waals surface area contributed by atoms with Gasteiger partial charge in [-0.2, -0.15) is 0 Å². The predicted octanol–water partition coefficient (Wildman–Crippen LogP) is 4.58. The van der Waals surface area contributed by atoms with Gasteiger partial charge >= 0.3 is 0 Å². The number of carbonyl (C=O) groups is 1. The maximum absolute atomic E-state index is 13.7. The summed E-state index contributed by atoms with van der Waals surface area (Å²) < 4.78 is 28.6. The molecule has 0 unspecified atom stereocenters. The first-order chi connectivity index (χ1) is 14.0. The molecule has 1 amide bonds. The van der Waals surface area contributed by atoms with Crippen LogP contribution in [0.4, 0.5) is 8.78 Å². The molecule has 4 aromatic rings. The van der Waals surface area contributed by atoms with Crippen LogP contribution in [0.2, 0.25) is 0 Å². The lowest BCUT2D eigenvalue weighted by atomic mass is 10.1. The van der Waals surface area contributed by atoms with E-state index in [0.717, 1.165) is 24.1 Å². The fourth-order valence-electron chi connectivity index (χ4n) is 3.36. The molecular weight excluding hydrogens is 372 g/mol. The van der Waals surface area contributed by atoms with Crippen LogP contribution in [0.15, 0.2) is 66.7 Å². The number of benzene rings is 3. The Balaban J connectivity index is 1.55. The van der Waals surface area contributed by atoms with Crippen molar-refractivity contribution in [1.29, 1.82) is 0 Å². The zero-order valence-electron chi connectivity index (χ0n) is 15.8. The number of aryl methyl sites for hydroxylation is 1. The maximum Gasteiger partial charge on any atom is 0.251 e. The van der Waals surface area contributed by atoms with Crippen molar-refractivity contribution in [3.63, 3.8) is 0 Å². The van der Waals surface area contributed by atoms with Crippen LogP contribution in [0, 0.1) is 18.6 Å². The van der Waals surface area contributed by atoms with Gasteiger partial charge in [0.1, 0.15) is 5.82 Å². The molecular formula is C23H19F2N3O. The maximum atomic E-state index is 13.7. The first kappa shape index (κ1) is 18.8. The van der Waals surface area contributed by atoms with E-state index in [1.165, 1.54) is 6.07 Å².